The van der Waals surface area contributed by atoms with Gasteiger partial charge in [-0.05, 0) is 31.0 Å². The van der Waals surface area contributed by atoms with Gasteiger partial charge in [0.1, 0.15) is 0 Å². The van der Waals surface area contributed by atoms with Crippen LogP contribution in [0.3, 0.4) is 0 Å². The summed E-state index contributed by atoms with van der Waals surface area (Å²) in [5.41, 5.74) is 2.36. The number of nitriles is 1. The number of nitrogens with one attached hydrogen (secondary N) is 1. The molecule has 1 N–H and O–H groups in total. The van der Waals surface area contributed by atoms with Crippen molar-refractivity contribution in [2.24, 2.45) is 0 Å². The Kier molecular flexibility index (Phi) is 4.48. The lowest BCUT2D eigenvalue weighted by Gasteiger charge is -2.08. The lowest BCUT2D eigenvalue weighted by molar-refractivity contribution is 0.896. The number of benzene rings is 1. The first-order valence-corrected chi connectivity index (χ1v) is 5.40. The second-order valence-electron chi connectivity index (χ2n) is 3.15. The highest BCUT2D eigenvalue weighted by Gasteiger charge is 1.97. The second-order valence-corrected chi connectivity index (χ2v) is 4.06. The van der Waals surface area contributed by atoms with Gasteiger partial charge in [-0.3, -0.25) is 0 Å². The molecule has 0 aliphatic rings. The van der Waals surface area contributed by atoms with Crippen LogP contribution in [0.2, 0.25) is 0 Å². The van der Waals surface area contributed by atoms with E-state index in [0.717, 1.165) is 23.1 Å². The van der Waals surface area contributed by atoms with Crippen LogP contribution < -0.4 is 5.32 Å². The molecule has 0 heterocycles. The van der Waals surface area contributed by atoms with Crippen molar-refractivity contribution in [3.8, 4) is 6.07 Å². The van der Waals surface area contributed by atoms with Gasteiger partial charge in [0.25, 0.3) is 0 Å². The molecular weight excluding hydrogens is 240 g/mol. The summed E-state index contributed by atoms with van der Waals surface area (Å²) in [5.74, 6) is 0. The summed E-state index contributed by atoms with van der Waals surface area (Å²) < 4.78 is 1.07. The molecule has 0 radical (unpaired) electrons. The summed E-state index contributed by atoms with van der Waals surface area (Å²) in [5, 5.41) is 11.7. The fourth-order valence-electron chi connectivity index (χ4n) is 1.18. The van der Waals surface area contributed by atoms with Crippen LogP contribution in [0.5, 0.6) is 0 Å². The highest BCUT2D eigenvalue weighted by molar-refractivity contribution is 9.10. The van der Waals surface area contributed by atoms with Crippen molar-refractivity contribution in [2.75, 3.05) is 11.9 Å². The quantitative estimate of drug-likeness (QED) is 0.834. The summed E-state index contributed by atoms with van der Waals surface area (Å²) in [4.78, 5) is 0. The molecule has 0 aliphatic carbocycles. The Hall–Kier alpha value is -1.01. The molecule has 1 rings (SSSR count). The molecule has 0 amide bonds. The number of aryl methyl sites for hydroxylation is 1. The Morgan fingerprint density at radius 2 is 2.29 bits per heavy atom. The molecule has 0 unspecified atom stereocenters. The van der Waals surface area contributed by atoms with Gasteiger partial charge in [-0.25, -0.2) is 0 Å². The van der Waals surface area contributed by atoms with E-state index in [4.69, 9.17) is 5.26 Å². The fourth-order valence-corrected chi connectivity index (χ4v) is 1.54. The summed E-state index contributed by atoms with van der Waals surface area (Å²) in [6.45, 7) is 2.92. The number of hydrogen-bond donors (Lipinski definition) is 1. The topological polar surface area (TPSA) is 35.8 Å². The van der Waals surface area contributed by atoms with Crippen molar-refractivity contribution < 1.29 is 0 Å². The van der Waals surface area contributed by atoms with Gasteiger partial charge in [-0.2, -0.15) is 5.26 Å². The average Bonchev–Trinajstić information content (AvgIpc) is 2.18. The van der Waals surface area contributed by atoms with Gasteiger partial charge in [-0.1, -0.05) is 22.0 Å². The molecule has 0 atom stereocenters. The third-order valence-corrected chi connectivity index (χ3v) is 2.47. The predicted molar refractivity (Wildman–Crippen MR) is 62.2 cm³/mol. The summed E-state index contributed by atoms with van der Waals surface area (Å²) in [6, 6.07) is 8.28. The van der Waals surface area contributed by atoms with Crippen LogP contribution >= 0.6 is 15.9 Å². The smallest absolute Gasteiger partial charge is 0.0622 e. The van der Waals surface area contributed by atoms with Crippen LogP contribution in [0.25, 0.3) is 0 Å². The van der Waals surface area contributed by atoms with Gasteiger partial charge in [0.05, 0.1) is 6.07 Å². The Bertz CT molecular complexity index is 342. The molecule has 0 aromatic heterocycles. The lowest BCUT2D eigenvalue weighted by atomic mass is 10.2. The van der Waals surface area contributed by atoms with Gasteiger partial charge in [0.15, 0.2) is 0 Å². The first-order chi connectivity index (χ1) is 6.74. The van der Waals surface area contributed by atoms with Crippen LogP contribution in [0.1, 0.15) is 18.4 Å². The predicted octanol–water partition coefficient (Wildman–Crippen LogP) is 3.47. The number of nitrogens with zero attached hydrogens (tertiary/aromatic N) is 1. The maximum absolute atomic E-state index is 8.38. The van der Waals surface area contributed by atoms with Crippen molar-refractivity contribution in [3.63, 3.8) is 0 Å². The van der Waals surface area contributed by atoms with Gasteiger partial charge in [-0.15, -0.1) is 0 Å². The van der Waals surface area contributed by atoms with E-state index in [1.54, 1.807) is 0 Å². The van der Waals surface area contributed by atoms with Crippen LogP contribution in [-0.4, -0.2) is 6.54 Å². The summed E-state index contributed by atoms with van der Waals surface area (Å²) >= 11 is 3.43. The zero-order valence-corrected chi connectivity index (χ0v) is 9.76. The van der Waals surface area contributed by atoms with Crippen LogP contribution in [0, 0.1) is 18.3 Å². The van der Waals surface area contributed by atoms with E-state index >= 15 is 0 Å². The van der Waals surface area contributed by atoms with E-state index in [1.807, 2.05) is 6.07 Å². The molecule has 74 valence electrons. The Balaban J connectivity index is 2.50. The molecule has 0 saturated carbocycles. The molecule has 3 heteroatoms. The van der Waals surface area contributed by atoms with Gasteiger partial charge in [0, 0.05) is 23.1 Å². The van der Waals surface area contributed by atoms with E-state index in [0.29, 0.717) is 6.42 Å². The molecule has 14 heavy (non-hydrogen) atoms. The number of anilines is 1. The summed E-state index contributed by atoms with van der Waals surface area (Å²) in [7, 11) is 0. The van der Waals surface area contributed by atoms with E-state index in [-0.39, 0.29) is 0 Å². The van der Waals surface area contributed by atoms with Gasteiger partial charge >= 0.3 is 0 Å². The van der Waals surface area contributed by atoms with Crippen molar-refractivity contribution in [1.29, 1.82) is 5.26 Å². The molecule has 2 nitrogen and oxygen atoms in total. The number of rotatable bonds is 4. The monoisotopic (exact) mass is 252 g/mol. The zero-order valence-electron chi connectivity index (χ0n) is 8.18. The average molecular weight is 253 g/mol. The number of unbranched alkanes of at least 4 members (excludes halogenated alkanes) is 1. The van der Waals surface area contributed by atoms with Crippen LogP contribution in [0.15, 0.2) is 22.7 Å². The maximum Gasteiger partial charge on any atom is 0.0622 e. The Labute approximate surface area is 93.1 Å². The zero-order chi connectivity index (χ0) is 10.4. The molecule has 0 spiro atoms. The Morgan fingerprint density at radius 1 is 1.50 bits per heavy atom. The van der Waals surface area contributed by atoms with Gasteiger partial charge in [0.2, 0.25) is 0 Å². The molecular formula is C11H13BrN2. The minimum absolute atomic E-state index is 0.611. The van der Waals surface area contributed by atoms with E-state index < -0.39 is 0 Å². The molecule has 0 saturated heterocycles. The first-order valence-electron chi connectivity index (χ1n) is 4.61. The SMILES string of the molecule is Cc1ccc(Br)cc1NCCCC#N. The van der Waals surface area contributed by atoms with E-state index in [9.17, 15) is 0 Å². The lowest BCUT2D eigenvalue weighted by Crippen LogP contribution is -2.02. The highest BCUT2D eigenvalue weighted by atomic mass is 79.9. The molecule has 0 bridgehead atoms. The third-order valence-electron chi connectivity index (χ3n) is 1.98. The summed E-state index contributed by atoms with van der Waals surface area (Å²) in [6.07, 6.45) is 1.50. The van der Waals surface area contributed by atoms with Crippen LogP contribution in [-0.2, 0) is 0 Å². The van der Waals surface area contributed by atoms with Crippen molar-refractivity contribution >= 4 is 21.6 Å². The van der Waals surface area contributed by atoms with Gasteiger partial charge < -0.3 is 5.32 Å². The maximum atomic E-state index is 8.38. The van der Waals surface area contributed by atoms with E-state index in [2.05, 4.69) is 46.4 Å². The van der Waals surface area contributed by atoms with Crippen molar-refractivity contribution in [1.82, 2.24) is 0 Å². The minimum atomic E-state index is 0.611. The molecule has 0 aliphatic heterocycles. The highest BCUT2D eigenvalue weighted by Crippen LogP contribution is 2.20. The number of halogens is 1. The molecule has 0 fully saturated rings. The van der Waals surface area contributed by atoms with E-state index in [1.165, 1.54) is 5.56 Å². The normalized spacial score (nSPS) is 9.50. The van der Waals surface area contributed by atoms with Crippen molar-refractivity contribution in [2.45, 2.75) is 19.8 Å². The third kappa shape index (κ3) is 3.39. The standard InChI is InChI=1S/C11H13BrN2/c1-9-4-5-10(12)8-11(9)14-7-3-2-6-13/h4-5,8,14H,2-3,7H2,1H3. The molecule has 1 aromatic carbocycles. The largest absolute Gasteiger partial charge is 0.385 e. The van der Waals surface area contributed by atoms with Crippen LogP contribution in [0.4, 0.5) is 5.69 Å². The minimum Gasteiger partial charge on any atom is -0.385 e. The molecule has 1 aromatic rings. The van der Waals surface area contributed by atoms with Crippen molar-refractivity contribution in [3.05, 3.63) is 28.2 Å². The Morgan fingerprint density at radius 3 is 3.00 bits per heavy atom. The number of hydrogen-bond acceptors (Lipinski definition) is 2. The fraction of sp³-hybridized carbons (Fsp3) is 0.364. The first kappa shape index (κ1) is 11.1. The second kappa shape index (κ2) is 5.66.